The summed E-state index contributed by atoms with van der Waals surface area (Å²) in [4.78, 5) is 29.7. The van der Waals surface area contributed by atoms with Crippen molar-refractivity contribution in [2.45, 2.75) is 68.7 Å². The van der Waals surface area contributed by atoms with Gasteiger partial charge >= 0.3 is 0 Å². The van der Waals surface area contributed by atoms with Crippen molar-refractivity contribution in [1.82, 2.24) is 9.21 Å². The minimum atomic E-state index is -3.66. The van der Waals surface area contributed by atoms with E-state index in [1.54, 1.807) is 28.8 Å². The van der Waals surface area contributed by atoms with Crippen LogP contribution in [0.3, 0.4) is 0 Å². The molecule has 4 rings (SSSR count). The lowest BCUT2D eigenvalue weighted by Crippen LogP contribution is -2.48. The Balaban J connectivity index is 1.67. The number of rotatable bonds is 7. The summed E-state index contributed by atoms with van der Waals surface area (Å²) < 4.78 is 27.7. The summed E-state index contributed by atoms with van der Waals surface area (Å²) in [5.41, 5.74) is 1.34. The van der Waals surface area contributed by atoms with Crippen molar-refractivity contribution in [2.24, 2.45) is 0 Å². The van der Waals surface area contributed by atoms with Crippen LogP contribution in [0.15, 0.2) is 23.1 Å². The molecule has 2 atom stereocenters. The molecule has 3 heterocycles. The van der Waals surface area contributed by atoms with Crippen LogP contribution in [0.25, 0.3) is 0 Å². The van der Waals surface area contributed by atoms with E-state index in [2.05, 4.69) is 10.2 Å². The first-order valence-electron chi connectivity index (χ1n) is 11.9. The van der Waals surface area contributed by atoms with E-state index in [0.29, 0.717) is 31.0 Å². The van der Waals surface area contributed by atoms with E-state index in [-0.39, 0.29) is 21.6 Å². The molecule has 2 amide bonds. The van der Waals surface area contributed by atoms with Gasteiger partial charge in [0, 0.05) is 38.4 Å². The third-order valence-corrected chi connectivity index (χ3v) is 10.6. The second kappa shape index (κ2) is 9.46. The first-order valence-corrected chi connectivity index (χ1v) is 14.3. The average molecular weight is 495 g/mol. The van der Waals surface area contributed by atoms with Gasteiger partial charge in [-0.15, -0.1) is 11.8 Å². The van der Waals surface area contributed by atoms with Gasteiger partial charge in [0.1, 0.15) is 6.04 Å². The zero-order valence-electron chi connectivity index (χ0n) is 19.7. The van der Waals surface area contributed by atoms with E-state index in [9.17, 15) is 18.0 Å². The van der Waals surface area contributed by atoms with Crippen molar-refractivity contribution < 1.29 is 18.0 Å². The van der Waals surface area contributed by atoms with E-state index < -0.39 is 16.1 Å². The molecule has 0 radical (unpaired) electrons. The Hall–Kier alpha value is -1.78. The Morgan fingerprint density at radius 2 is 1.91 bits per heavy atom. The van der Waals surface area contributed by atoms with Crippen LogP contribution in [0.5, 0.6) is 0 Å². The number of fused-ring (bicyclic) bond motifs is 1. The van der Waals surface area contributed by atoms with Gasteiger partial charge in [0.2, 0.25) is 21.8 Å². The number of benzene rings is 1. The van der Waals surface area contributed by atoms with Crippen molar-refractivity contribution in [3.05, 3.63) is 18.2 Å². The highest BCUT2D eigenvalue weighted by Gasteiger charge is 2.53. The average Bonchev–Trinajstić information content (AvgIpc) is 3.30. The zero-order valence-corrected chi connectivity index (χ0v) is 21.3. The highest BCUT2D eigenvalue weighted by atomic mass is 32.2. The fourth-order valence-electron chi connectivity index (χ4n) is 5.13. The van der Waals surface area contributed by atoms with Crippen LogP contribution in [0.1, 0.15) is 52.9 Å². The predicted molar refractivity (Wildman–Crippen MR) is 132 cm³/mol. The molecular weight excluding hydrogens is 460 g/mol. The van der Waals surface area contributed by atoms with Gasteiger partial charge in [-0.1, -0.05) is 13.8 Å². The van der Waals surface area contributed by atoms with Gasteiger partial charge < -0.3 is 15.1 Å². The Bertz CT molecular complexity index is 1020. The standard InChI is InChI=1S/C23H34N4O4S2/c1-4-26(5-2)33(30,31)17-9-10-19(25-13-7-6-8-14-25)18(15-17)24-22(29)20-16-32-23(3)12-11-21(28)27(20)23/h9-10,15,20H,4-8,11-14,16H2,1-3H3,(H,24,29)/t20-,23+/m0/s1. The summed E-state index contributed by atoms with van der Waals surface area (Å²) in [6.45, 7) is 8.14. The second-order valence-electron chi connectivity index (χ2n) is 9.07. The number of hydrogen-bond acceptors (Lipinski definition) is 6. The van der Waals surface area contributed by atoms with Gasteiger partial charge in [-0.2, -0.15) is 4.31 Å². The number of sulfonamides is 1. The number of nitrogens with one attached hydrogen (secondary N) is 1. The highest BCUT2D eigenvalue weighted by molar-refractivity contribution is 8.01. The van der Waals surface area contributed by atoms with Gasteiger partial charge in [-0.05, 0) is 50.8 Å². The Kier molecular flexibility index (Phi) is 6.98. The summed E-state index contributed by atoms with van der Waals surface area (Å²) in [5.74, 6) is 0.304. The molecule has 0 unspecified atom stereocenters. The van der Waals surface area contributed by atoms with Gasteiger partial charge in [0.15, 0.2) is 0 Å². The van der Waals surface area contributed by atoms with Gasteiger partial charge in [0.25, 0.3) is 0 Å². The number of carbonyl (C=O) groups is 2. The summed E-state index contributed by atoms with van der Waals surface area (Å²) >= 11 is 1.65. The molecule has 0 bridgehead atoms. The molecule has 3 aliphatic rings. The molecule has 182 valence electrons. The van der Waals surface area contributed by atoms with E-state index in [4.69, 9.17) is 0 Å². The fourth-order valence-corrected chi connectivity index (χ4v) is 8.05. The summed E-state index contributed by atoms with van der Waals surface area (Å²) in [5, 5.41) is 3.02. The topological polar surface area (TPSA) is 90.0 Å². The second-order valence-corrected chi connectivity index (χ2v) is 12.5. The third kappa shape index (κ3) is 4.49. The highest BCUT2D eigenvalue weighted by Crippen LogP contribution is 2.47. The molecule has 1 N–H and O–H groups in total. The number of thioether (sulfide) groups is 1. The van der Waals surface area contributed by atoms with Crippen molar-refractivity contribution in [3.8, 4) is 0 Å². The molecule has 10 heteroatoms. The monoisotopic (exact) mass is 494 g/mol. The van der Waals surface area contributed by atoms with Gasteiger partial charge in [0.05, 0.1) is 21.1 Å². The molecule has 8 nitrogen and oxygen atoms in total. The van der Waals surface area contributed by atoms with E-state index >= 15 is 0 Å². The zero-order chi connectivity index (χ0) is 23.8. The fraction of sp³-hybridized carbons (Fsp3) is 0.652. The summed E-state index contributed by atoms with van der Waals surface area (Å²) in [7, 11) is -3.66. The minimum Gasteiger partial charge on any atom is -0.370 e. The van der Waals surface area contributed by atoms with Crippen LogP contribution in [0.2, 0.25) is 0 Å². The van der Waals surface area contributed by atoms with Crippen molar-refractivity contribution in [1.29, 1.82) is 0 Å². The van der Waals surface area contributed by atoms with Crippen LogP contribution in [0.4, 0.5) is 11.4 Å². The maximum atomic E-state index is 13.4. The molecule has 1 aromatic carbocycles. The Morgan fingerprint density at radius 3 is 2.58 bits per heavy atom. The lowest BCUT2D eigenvalue weighted by molar-refractivity contribution is -0.135. The maximum Gasteiger partial charge on any atom is 0.248 e. The minimum absolute atomic E-state index is 0.0109. The molecule has 0 aliphatic carbocycles. The number of nitrogens with zero attached hydrogens (tertiary/aromatic N) is 3. The van der Waals surface area contributed by atoms with E-state index in [1.807, 2.05) is 26.8 Å². The van der Waals surface area contributed by atoms with E-state index in [1.165, 1.54) is 10.7 Å². The van der Waals surface area contributed by atoms with Gasteiger partial charge in [-0.3, -0.25) is 9.59 Å². The number of piperidine rings is 1. The Morgan fingerprint density at radius 1 is 1.21 bits per heavy atom. The molecule has 0 saturated carbocycles. The van der Waals surface area contributed by atoms with Crippen molar-refractivity contribution >= 4 is 45.0 Å². The number of amides is 2. The lowest BCUT2D eigenvalue weighted by Gasteiger charge is -2.32. The summed E-state index contributed by atoms with van der Waals surface area (Å²) in [6, 6.07) is 4.49. The molecule has 3 aliphatic heterocycles. The normalized spacial score (nSPS) is 25.6. The van der Waals surface area contributed by atoms with Crippen molar-refractivity contribution in [2.75, 3.05) is 42.1 Å². The molecular formula is C23H34N4O4S2. The Labute approximate surface area is 201 Å². The largest absolute Gasteiger partial charge is 0.370 e. The number of hydrogen-bond donors (Lipinski definition) is 1. The first kappa shape index (κ1) is 24.3. The molecule has 33 heavy (non-hydrogen) atoms. The smallest absolute Gasteiger partial charge is 0.248 e. The van der Waals surface area contributed by atoms with Crippen LogP contribution in [-0.2, 0) is 19.6 Å². The summed E-state index contributed by atoms with van der Waals surface area (Å²) in [6.07, 6.45) is 4.50. The van der Waals surface area contributed by atoms with Gasteiger partial charge in [-0.25, -0.2) is 8.42 Å². The quantitative estimate of drug-likeness (QED) is 0.627. The first-order chi connectivity index (χ1) is 15.7. The maximum absolute atomic E-state index is 13.4. The lowest BCUT2D eigenvalue weighted by atomic mass is 10.1. The number of anilines is 2. The molecule has 0 aromatic heterocycles. The van der Waals surface area contributed by atoms with Crippen molar-refractivity contribution in [3.63, 3.8) is 0 Å². The SMILES string of the molecule is CCN(CC)S(=O)(=O)c1ccc(N2CCCCC2)c(NC(=O)[C@@H]2CS[C@]3(C)CCC(=O)N23)c1. The number of carbonyl (C=O) groups excluding carboxylic acids is 2. The molecule has 3 saturated heterocycles. The third-order valence-electron chi connectivity index (χ3n) is 7.01. The molecule has 0 spiro atoms. The van der Waals surface area contributed by atoms with E-state index in [0.717, 1.165) is 38.0 Å². The van der Waals surface area contributed by atoms with Crippen LogP contribution < -0.4 is 10.2 Å². The predicted octanol–water partition coefficient (Wildman–Crippen LogP) is 3.10. The van der Waals surface area contributed by atoms with Crippen LogP contribution in [-0.4, -0.2) is 72.3 Å². The van der Waals surface area contributed by atoms with Crippen LogP contribution >= 0.6 is 11.8 Å². The van der Waals surface area contributed by atoms with Crippen LogP contribution in [0, 0.1) is 0 Å². The molecule has 1 aromatic rings. The molecule has 3 fully saturated rings.